The Labute approximate surface area is 247 Å². The lowest BCUT2D eigenvalue weighted by molar-refractivity contribution is 0.102. The molecule has 3 heterocycles. The number of pyridine rings is 1. The van der Waals surface area contributed by atoms with Crippen LogP contribution in [0.4, 0.5) is 5.69 Å². The molecule has 9 heteroatoms. The highest BCUT2D eigenvalue weighted by Crippen LogP contribution is 2.33. The molecule has 2 aliphatic rings. The number of ether oxygens (including phenoxy) is 1. The molecule has 0 saturated carbocycles. The lowest BCUT2D eigenvalue weighted by atomic mass is 9.94. The second-order valence-electron chi connectivity index (χ2n) is 10.9. The zero-order valence-electron chi connectivity index (χ0n) is 23.9. The van der Waals surface area contributed by atoms with E-state index in [2.05, 4.69) is 22.3 Å². The third-order valence-corrected chi connectivity index (χ3v) is 9.95. The number of hydrogen-bond acceptors (Lipinski definition) is 6. The summed E-state index contributed by atoms with van der Waals surface area (Å²) in [6.07, 6.45) is 3.47. The largest absolute Gasteiger partial charge is 0.492 e. The average molecular weight is 585 g/mol. The number of benzene rings is 3. The third-order valence-electron chi connectivity index (χ3n) is 8.05. The predicted octanol–water partition coefficient (Wildman–Crippen LogP) is 5.62. The molecule has 0 radical (unpaired) electrons. The standard InChI is InChI=1S/C33H36N4O4S/c1-2-41-31-16-15-25(42(39,40)37-18-9-4-10-19-37)21-30(31)35-33(38)32-26-13-7-8-14-28(26)34-29-17-20-36(23-27(29)32)22-24-11-5-3-6-12-24/h3,5-8,11-16,21H,2,4,9-10,17-20,22-23H2,1H3,(H,35,38). The normalized spacial score (nSPS) is 16.2. The first kappa shape index (κ1) is 28.3. The number of nitrogens with zero attached hydrogens (tertiary/aromatic N) is 3. The number of piperidine rings is 1. The van der Waals surface area contributed by atoms with Crippen molar-refractivity contribution in [1.82, 2.24) is 14.2 Å². The molecule has 42 heavy (non-hydrogen) atoms. The molecule has 1 fully saturated rings. The Balaban J connectivity index is 1.37. The number of nitrogens with one attached hydrogen (secondary N) is 1. The third kappa shape index (κ3) is 5.77. The molecule has 1 amide bonds. The number of rotatable bonds is 8. The summed E-state index contributed by atoms with van der Waals surface area (Å²) in [4.78, 5) is 21.6. The second-order valence-corrected chi connectivity index (χ2v) is 12.8. The smallest absolute Gasteiger partial charge is 0.256 e. The van der Waals surface area contributed by atoms with Crippen molar-refractivity contribution >= 4 is 32.5 Å². The minimum atomic E-state index is -3.69. The van der Waals surface area contributed by atoms with E-state index in [0.717, 1.165) is 60.9 Å². The summed E-state index contributed by atoms with van der Waals surface area (Å²) in [7, 11) is -3.69. The molecule has 0 bridgehead atoms. The van der Waals surface area contributed by atoms with E-state index in [0.29, 0.717) is 43.2 Å². The summed E-state index contributed by atoms with van der Waals surface area (Å²) in [5.41, 5.74) is 4.72. The van der Waals surface area contributed by atoms with Gasteiger partial charge in [-0.3, -0.25) is 14.7 Å². The van der Waals surface area contributed by atoms with E-state index in [-0.39, 0.29) is 10.8 Å². The fourth-order valence-electron chi connectivity index (χ4n) is 5.97. The van der Waals surface area contributed by atoms with Crippen molar-refractivity contribution in [2.45, 2.75) is 50.6 Å². The molecule has 1 N–H and O–H groups in total. The van der Waals surface area contributed by atoms with E-state index < -0.39 is 10.0 Å². The highest BCUT2D eigenvalue weighted by molar-refractivity contribution is 7.89. The zero-order valence-corrected chi connectivity index (χ0v) is 24.7. The first-order valence-electron chi connectivity index (χ1n) is 14.7. The molecule has 0 unspecified atom stereocenters. The summed E-state index contributed by atoms with van der Waals surface area (Å²) in [6, 6.07) is 22.7. The molecule has 4 aromatic rings. The summed E-state index contributed by atoms with van der Waals surface area (Å²) < 4.78 is 34.3. The lowest BCUT2D eigenvalue weighted by Gasteiger charge is -2.30. The Morgan fingerprint density at radius 1 is 0.952 bits per heavy atom. The van der Waals surface area contributed by atoms with Crippen LogP contribution in [0.2, 0.25) is 0 Å². The number of aromatic nitrogens is 1. The fraction of sp³-hybridized carbons (Fsp3) is 0.333. The first-order valence-corrected chi connectivity index (χ1v) is 16.1. The van der Waals surface area contributed by atoms with Crippen molar-refractivity contribution < 1.29 is 17.9 Å². The van der Waals surface area contributed by atoms with Crippen LogP contribution in [0.1, 0.15) is 53.4 Å². The lowest BCUT2D eigenvalue weighted by Crippen LogP contribution is -2.35. The number of carbonyl (C=O) groups is 1. The SMILES string of the molecule is CCOc1ccc(S(=O)(=O)N2CCCCC2)cc1NC(=O)c1c2c(nc3ccccc13)CCN(Cc1ccccc1)C2. The number of anilines is 1. The number of amides is 1. The Kier molecular flexibility index (Phi) is 8.24. The van der Waals surface area contributed by atoms with Gasteiger partial charge in [-0.15, -0.1) is 0 Å². The maximum absolute atomic E-state index is 14.2. The average Bonchev–Trinajstić information content (AvgIpc) is 3.01. The van der Waals surface area contributed by atoms with Crippen molar-refractivity contribution in [3.63, 3.8) is 0 Å². The van der Waals surface area contributed by atoms with Crippen LogP contribution in [0.3, 0.4) is 0 Å². The molecule has 8 nitrogen and oxygen atoms in total. The van der Waals surface area contributed by atoms with E-state index >= 15 is 0 Å². The van der Waals surface area contributed by atoms with Gasteiger partial charge < -0.3 is 10.1 Å². The van der Waals surface area contributed by atoms with Gasteiger partial charge in [-0.25, -0.2) is 8.42 Å². The van der Waals surface area contributed by atoms with Gasteiger partial charge >= 0.3 is 0 Å². The van der Waals surface area contributed by atoms with Crippen LogP contribution in [-0.4, -0.2) is 54.8 Å². The molecule has 218 valence electrons. The van der Waals surface area contributed by atoms with Crippen LogP contribution in [0.25, 0.3) is 10.9 Å². The van der Waals surface area contributed by atoms with Crippen molar-refractivity contribution in [2.24, 2.45) is 0 Å². The van der Waals surface area contributed by atoms with E-state index in [1.807, 2.05) is 49.4 Å². The van der Waals surface area contributed by atoms with Gasteiger partial charge in [0.25, 0.3) is 5.91 Å². The van der Waals surface area contributed by atoms with Crippen LogP contribution in [0.5, 0.6) is 5.75 Å². The predicted molar refractivity (Wildman–Crippen MR) is 164 cm³/mol. The monoisotopic (exact) mass is 584 g/mol. The number of carbonyl (C=O) groups excluding carboxylic acids is 1. The fourth-order valence-corrected chi connectivity index (χ4v) is 7.51. The molecular formula is C33H36N4O4S. The zero-order chi connectivity index (χ0) is 29.1. The maximum Gasteiger partial charge on any atom is 0.256 e. The molecular weight excluding hydrogens is 548 g/mol. The summed E-state index contributed by atoms with van der Waals surface area (Å²) >= 11 is 0. The summed E-state index contributed by atoms with van der Waals surface area (Å²) in [6.45, 7) is 5.46. The Morgan fingerprint density at radius 2 is 1.71 bits per heavy atom. The second kappa shape index (κ2) is 12.2. The summed E-state index contributed by atoms with van der Waals surface area (Å²) in [5.74, 6) is 0.126. The van der Waals surface area contributed by atoms with Gasteiger partial charge in [0.2, 0.25) is 10.0 Å². The van der Waals surface area contributed by atoms with E-state index in [1.165, 1.54) is 15.9 Å². The number of para-hydroxylation sites is 1. The molecule has 2 aliphatic heterocycles. The van der Waals surface area contributed by atoms with E-state index in [4.69, 9.17) is 9.72 Å². The maximum atomic E-state index is 14.2. The van der Waals surface area contributed by atoms with Crippen LogP contribution in [-0.2, 0) is 29.5 Å². The Morgan fingerprint density at radius 3 is 2.50 bits per heavy atom. The van der Waals surface area contributed by atoms with Gasteiger partial charge in [0.1, 0.15) is 5.75 Å². The van der Waals surface area contributed by atoms with Crippen LogP contribution in [0.15, 0.2) is 77.7 Å². The van der Waals surface area contributed by atoms with Gasteiger partial charge in [0.05, 0.1) is 28.3 Å². The highest BCUT2D eigenvalue weighted by atomic mass is 32.2. The minimum Gasteiger partial charge on any atom is -0.492 e. The molecule has 0 spiro atoms. The Hall–Kier alpha value is -3.79. The van der Waals surface area contributed by atoms with Crippen molar-refractivity contribution in [2.75, 3.05) is 31.6 Å². The van der Waals surface area contributed by atoms with Gasteiger partial charge in [0, 0.05) is 55.8 Å². The van der Waals surface area contributed by atoms with Crippen molar-refractivity contribution in [3.8, 4) is 5.75 Å². The molecule has 6 rings (SSSR count). The molecule has 1 saturated heterocycles. The van der Waals surface area contributed by atoms with Gasteiger partial charge in [0.15, 0.2) is 0 Å². The topological polar surface area (TPSA) is 91.8 Å². The molecule has 1 aromatic heterocycles. The number of fused-ring (bicyclic) bond motifs is 2. The van der Waals surface area contributed by atoms with E-state index in [1.54, 1.807) is 12.1 Å². The molecule has 3 aromatic carbocycles. The van der Waals surface area contributed by atoms with Gasteiger partial charge in [-0.1, -0.05) is 55.0 Å². The number of sulfonamides is 1. The molecule has 0 aliphatic carbocycles. The van der Waals surface area contributed by atoms with Crippen molar-refractivity contribution in [1.29, 1.82) is 0 Å². The molecule has 0 atom stereocenters. The van der Waals surface area contributed by atoms with Crippen LogP contribution >= 0.6 is 0 Å². The highest BCUT2D eigenvalue weighted by Gasteiger charge is 2.29. The number of hydrogen-bond donors (Lipinski definition) is 1. The van der Waals surface area contributed by atoms with Crippen LogP contribution in [0, 0.1) is 0 Å². The summed E-state index contributed by atoms with van der Waals surface area (Å²) in [5, 5.41) is 3.81. The first-order chi connectivity index (χ1) is 20.4. The van der Waals surface area contributed by atoms with Crippen LogP contribution < -0.4 is 10.1 Å². The minimum absolute atomic E-state index is 0.152. The van der Waals surface area contributed by atoms with Gasteiger partial charge in [-0.05, 0) is 49.6 Å². The van der Waals surface area contributed by atoms with Crippen molar-refractivity contribution in [3.05, 3.63) is 95.2 Å². The quantitative estimate of drug-likeness (QED) is 0.289. The van der Waals surface area contributed by atoms with Gasteiger partial charge in [-0.2, -0.15) is 4.31 Å². The van der Waals surface area contributed by atoms with E-state index in [9.17, 15) is 13.2 Å². The Bertz CT molecular complexity index is 1700.